The van der Waals surface area contributed by atoms with Crippen molar-refractivity contribution in [1.29, 1.82) is 0 Å². The second-order valence-corrected chi connectivity index (χ2v) is 6.78. The molecule has 25 heavy (non-hydrogen) atoms. The average molecular weight is 357 g/mol. The number of anilines is 1. The zero-order chi connectivity index (χ0) is 18.1. The number of hydrogen-bond acceptors (Lipinski definition) is 3. The smallest absolute Gasteiger partial charge is 0.162 e. The Hall–Kier alpha value is -2.20. The fourth-order valence-electron chi connectivity index (χ4n) is 3.29. The number of halogens is 1. The van der Waals surface area contributed by atoms with Crippen molar-refractivity contribution in [1.82, 2.24) is 14.5 Å². The molecule has 0 amide bonds. The van der Waals surface area contributed by atoms with Gasteiger partial charge in [-0.05, 0) is 24.1 Å². The summed E-state index contributed by atoms with van der Waals surface area (Å²) in [5, 5.41) is 0.752. The molecule has 132 valence electrons. The molecule has 1 aromatic heterocycles. The van der Waals surface area contributed by atoms with E-state index in [1.807, 2.05) is 19.2 Å². The van der Waals surface area contributed by atoms with Gasteiger partial charge in [0.1, 0.15) is 17.3 Å². The van der Waals surface area contributed by atoms with Gasteiger partial charge in [-0.15, -0.1) is 0 Å². The summed E-state index contributed by atoms with van der Waals surface area (Å²) in [6, 6.07) is 7.98. The molecule has 1 aliphatic rings. The molecular weight excluding hydrogens is 332 g/mol. The van der Waals surface area contributed by atoms with Crippen LogP contribution in [0.15, 0.2) is 43.2 Å². The molecule has 0 saturated carbocycles. The lowest BCUT2D eigenvalue weighted by Gasteiger charge is -2.38. The SMILES string of the molecule is C=C1c2c(nc(CC)n2Cc2ccc(Cl)cc2)N(C)C(=C)N1CCC. The highest BCUT2D eigenvalue weighted by Crippen LogP contribution is 2.38. The molecule has 0 spiro atoms. The molecule has 0 unspecified atom stereocenters. The van der Waals surface area contributed by atoms with Crippen molar-refractivity contribution in [2.75, 3.05) is 18.5 Å². The molecule has 0 atom stereocenters. The second-order valence-electron chi connectivity index (χ2n) is 6.34. The van der Waals surface area contributed by atoms with Gasteiger partial charge in [0.15, 0.2) is 5.82 Å². The van der Waals surface area contributed by atoms with Crippen LogP contribution in [0.4, 0.5) is 5.82 Å². The number of rotatable bonds is 5. The summed E-state index contributed by atoms with van der Waals surface area (Å²) in [4.78, 5) is 9.12. The van der Waals surface area contributed by atoms with Crippen LogP contribution in [0.1, 0.15) is 37.4 Å². The molecule has 2 heterocycles. The zero-order valence-corrected chi connectivity index (χ0v) is 16.0. The highest BCUT2D eigenvalue weighted by molar-refractivity contribution is 6.30. The summed E-state index contributed by atoms with van der Waals surface area (Å²) in [6.07, 6.45) is 1.90. The van der Waals surface area contributed by atoms with Gasteiger partial charge in [0.05, 0.1) is 5.70 Å². The Balaban J connectivity index is 2.08. The predicted octanol–water partition coefficient (Wildman–Crippen LogP) is 4.75. The van der Waals surface area contributed by atoms with Crippen LogP contribution in [0.25, 0.3) is 5.70 Å². The summed E-state index contributed by atoms with van der Waals surface area (Å²) >= 11 is 6.02. The van der Waals surface area contributed by atoms with Crippen molar-refractivity contribution >= 4 is 23.1 Å². The average Bonchev–Trinajstić information content (AvgIpc) is 2.97. The van der Waals surface area contributed by atoms with E-state index in [0.29, 0.717) is 0 Å². The van der Waals surface area contributed by atoms with E-state index in [1.165, 1.54) is 5.56 Å². The first kappa shape index (κ1) is 17.6. The van der Waals surface area contributed by atoms with Gasteiger partial charge in [-0.25, -0.2) is 4.98 Å². The lowest BCUT2D eigenvalue weighted by atomic mass is 10.1. The Morgan fingerprint density at radius 1 is 1.12 bits per heavy atom. The van der Waals surface area contributed by atoms with Gasteiger partial charge in [-0.3, -0.25) is 0 Å². The molecule has 0 N–H and O–H groups in total. The van der Waals surface area contributed by atoms with Crippen molar-refractivity contribution in [3.63, 3.8) is 0 Å². The fraction of sp³-hybridized carbons (Fsp3) is 0.350. The second kappa shape index (κ2) is 6.96. The zero-order valence-electron chi connectivity index (χ0n) is 15.2. The molecule has 4 nitrogen and oxygen atoms in total. The highest BCUT2D eigenvalue weighted by atomic mass is 35.5. The molecule has 0 aliphatic carbocycles. The Bertz CT molecular complexity index is 804. The predicted molar refractivity (Wildman–Crippen MR) is 106 cm³/mol. The molecule has 5 heteroatoms. The molecule has 2 aromatic rings. The Morgan fingerprint density at radius 2 is 1.80 bits per heavy atom. The summed E-state index contributed by atoms with van der Waals surface area (Å²) in [5.41, 5.74) is 3.25. The molecule has 0 radical (unpaired) electrons. The van der Waals surface area contributed by atoms with Crippen LogP contribution in [-0.4, -0.2) is 28.0 Å². The van der Waals surface area contributed by atoms with E-state index in [-0.39, 0.29) is 0 Å². The molecule has 0 fully saturated rings. The van der Waals surface area contributed by atoms with E-state index in [0.717, 1.165) is 59.8 Å². The van der Waals surface area contributed by atoms with E-state index in [9.17, 15) is 0 Å². The van der Waals surface area contributed by atoms with Crippen molar-refractivity contribution in [3.8, 4) is 0 Å². The Labute approximate surface area is 155 Å². The minimum atomic E-state index is 0.752. The summed E-state index contributed by atoms with van der Waals surface area (Å²) < 4.78 is 2.27. The van der Waals surface area contributed by atoms with Crippen LogP contribution in [0.3, 0.4) is 0 Å². The lowest BCUT2D eigenvalue weighted by molar-refractivity contribution is 0.460. The van der Waals surface area contributed by atoms with E-state index < -0.39 is 0 Å². The monoisotopic (exact) mass is 356 g/mol. The molecule has 0 bridgehead atoms. The standard InChI is InChI=1S/C20H25ClN4/c1-6-12-24-14(3)19-20(23(5)15(24)4)22-18(7-2)25(19)13-16-8-10-17(21)11-9-16/h8-11H,3-4,6-7,12-13H2,1-2,5H3. The number of fused-ring (bicyclic) bond motifs is 1. The van der Waals surface area contributed by atoms with E-state index >= 15 is 0 Å². The maximum absolute atomic E-state index is 6.02. The van der Waals surface area contributed by atoms with Gasteiger partial charge in [0, 0.05) is 31.6 Å². The molecule has 1 aromatic carbocycles. The first-order chi connectivity index (χ1) is 12.0. The number of aryl methyl sites for hydroxylation is 1. The third kappa shape index (κ3) is 3.07. The molecule has 1 aliphatic heterocycles. The van der Waals surface area contributed by atoms with Crippen LogP contribution in [0.2, 0.25) is 5.02 Å². The van der Waals surface area contributed by atoms with Gasteiger partial charge in [0.2, 0.25) is 0 Å². The van der Waals surface area contributed by atoms with Gasteiger partial charge in [-0.2, -0.15) is 0 Å². The minimum Gasteiger partial charge on any atom is -0.327 e. The molecular formula is C20H25ClN4. The summed E-state index contributed by atoms with van der Waals surface area (Å²) in [7, 11) is 2.02. The van der Waals surface area contributed by atoms with E-state index in [4.69, 9.17) is 16.6 Å². The number of aromatic nitrogens is 2. The third-order valence-corrected chi connectivity index (χ3v) is 4.91. The van der Waals surface area contributed by atoms with Crippen LogP contribution in [0, 0.1) is 0 Å². The number of imidazole rings is 1. The topological polar surface area (TPSA) is 24.3 Å². The first-order valence-corrected chi connectivity index (χ1v) is 9.09. The lowest BCUT2D eigenvalue weighted by Crippen LogP contribution is -2.37. The van der Waals surface area contributed by atoms with Crippen LogP contribution in [0.5, 0.6) is 0 Å². The minimum absolute atomic E-state index is 0.752. The Kier molecular flexibility index (Phi) is 4.91. The number of nitrogens with zero attached hydrogens (tertiary/aromatic N) is 4. The van der Waals surface area contributed by atoms with Crippen LogP contribution < -0.4 is 4.90 Å². The normalized spacial score (nSPS) is 14.2. The van der Waals surface area contributed by atoms with E-state index in [1.54, 1.807) is 0 Å². The van der Waals surface area contributed by atoms with Gasteiger partial charge >= 0.3 is 0 Å². The van der Waals surface area contributed by atoms with Crippen LogP contribution in [-0.2, 0) is 13.0 Å². The van der Waals surface area contributed by atoms with Gasteiger partial charge in [-0.1, -0.05) is 50.7 Å². The van der Waals surface area contributed by atoms with Crippen molar-refractivity contribution in [2.45, 2.75) is 33.2 Å². The third-order valence-electron chi connectivity index (χ3n) is 4.66. The van der Waals surface area contributed by atoms with Gasteiger partial charge < -0.3 is 14.4 Å². The summed E-state index contributed by atoms with van der Waals surface area (Å²) in [6.45, 7) is 14.5. The van der Waals surface area contributed by atoms with Crippen molar-refractivity contribution in [3.05, 3.63) is 65.3 Å². The fourth-order valence-corrected chi connectivity index (χ4v) is 3.42. The number of hydrogen-bond donors (Lipinski definition) is 0. The first-order valence-electron chi connectivity index (χ1n) is 8.71. The van der Waals surface area contributed by atoms with Crippen molar-refractivity contribution in [2.24, 2.45) is 0 Å². The van der Waals surface area contributed by atoms with Gasteiger partial charge in [0.25, 0.3) is 0 Å². The largest absolute Gasteiger partial charge is 0.327 e. The molecule has 3 rings (SSSR count). The molecule has 0 saturated heterocycles. The maximum Gasteiger partial charge on any atom is 0.162 e. The van der Waals surface area contributed by atoms with Crippen molar-refractivity contribution < 1.29 is 0 Å². The summed E-state index contributed by atoms with van der Waals surface area (Å²) in [5.74, 6) is 2.92. The number of benzene rings is 1. The highest BCUT2D eigenvalue weighted by Gasteiger charge is 2.32. The van der Waals surface area contributed by atoms with Crippen LogP contribution >= 0.6 is 11.6 Å². The Morgan fingerprint density at radius 3 is 2.40 bits per heavy atom. The quantitative estimate of drug-likeness (QED) is 0.772. The van der Waals surface area contributed by atoms with E-state index in [2.05, 4.69) is 53.5 Å². The maximum atomic E-state index is 6.02.